The summed E-state index contributed by atoms with van der Waals surface area (Å²) < 4.78 is 1.49. The largest absolute Gasteiger partial charge is 0.481 e. The van der Waals surface area contributed by atoms with Crippen molar-refractivity contribution in [2.75, 3.05) is 5.73 Å². The van der Waals surface area contributed by atoms with E-state index < -0.39 is 24.4 Å². The van der Waals surface area contributed by atoms with Crippen LogP contribution in [0.2, 0.25) is 0 Å². The molecule has 1 unspecified atom stereocenters. The molecular formula is C21H19N2O4+. The van der Waals surface area contributed by atoms with Crippen molar-refractivity contribution in [1.82, 2.24) is 0 Å². The Kier molecular flexibility index (Phi) is 5.17. The summed E-state index contributed by atoms with van der Waals surface area (Å²) in [5, 5.41) is 19.4. The molecule has 4 N–H and O–H groups in total. The number of aromatic nitrogens is 1. The van der Waals surface area contributed by atoms with Crippen molar-refractivity contribution in [2.45, 2.75) is 12.5 Å². The van der Waals surface area contributed by atoms with Gasteiger partial charge in [-0.05, 0) is 29.3 Å². The number of benzene rings is 2. The third-order valence-electron chi connectivity index (χ3n) is 4.29. The molecule has 0 bridgehead atoms. The first-order valence-electron chi connectivity index (χ1n) is 8.37. The Bertz CT molecular complexity index is 1030. The maximum absolute atomic E-state index is 11.6. The van der Waals surface area contributed by atoms with Gasteiger partial charge in [0.05, 0.1) is 5.39 Å². The fourth-order valence-electron chi connectivity index (χ4n) is 2.95. The molecule has 2 aromatic carbocycles. The zero-order valence-corrected chi connectivity index (χ0v) is 14.4. The fourth-order valence-corrected chi connectivity index (χ4v) is 2.95. The second kappa shape index (κ2) is 7.70. The molecule has 136 valence electrons. The summed E-state index contributed by atoms with van der Waals surface area (Å²) in [6, 6.07) is 15.4. The van der Waals surface area contributed by atoms with E-state index in [0.717, 1.165) is 16.5 Å². The van der Waals surface area contributed by atoms with Gasteiger partial charge in [-0.1, -0.05) is 36.4 Å². The molecule has 6 nitrogen and oxygen atoms in total. The monoisotopic (exact) mass is 363 g/mol. The molecule has 0 aliphatic rings. The van der Waals surface area contributed by atoms with Crippen LogP contribution < -0.4 is 10.3 Å². The Hall–Kier alpha value is -3.67. The molecule has 1 aromatic heterocycles. The summed E-state index contributed by atoms with van der Waals surface area (Å²) in [6.45, 7) is 0. The zero-order chi connectivity index (χ0) is 19.4. The maximum atomic E-state index is 11.6. The number of rotatable bonds is 6. The van der Waals surface area contributed by atoms with E-state index in [2.05, 4.69) is 0 Å². The molecule has 3 rings (SSSR count). The minimum atomic E-state index is -1.18. The summed E-state index contributed by atoms with van der Waals surface area (Å²) in [5.41, 5.74) is 8.93. The minimum absolute atomic E-state index is 0.495. The summed E-state index contributed by atoms with van der Waals surface area (Å²) in [6.07, 6.45) is 5.00. The smallest absolute Gasteiger partial charge is 0.374 e. The fraction of sp³-hybridized carbons (Fsp3) is 0.0952. The zero-order valence-electron chi connectivity index (χ0n) is 14.4. The second-order valence-electron chi connectivity index (χ2n) is 6.15. The lowest BCUT2D eigenvalue weighted by Crippen LogP contribution is -2.45. The predicted octanol–water partition coefficient (Wildman–Crippen LogP) is 2.98. The van der Waals surface area contributed by atoms with Gasteiger partial charge in [0.1, 0.15) is 6.42 Å². The molecule has 0 saturated heterocycles. The summed E-state index contributed by atoms with van der Waals surface area (Å²) in [7, 11) is 0. The third-order valence-corrected chi connectivity index (χ3v) is 4.29. The normalized spacial score (nSPS) is 12.3. The van der Waals surface area contributed by atoms with Gasteiger partial charge < -0.3 is 15.9 Å². The van der Waals surface area contributed by atoms with Crippen LogP contribution in [0, 0.1) is 0 Å². The number of nitrogens with two attached hydrogens (primary N) is 1. The van der Waals surface area contributed by atoms with Crippen LogP contribution in [0.25, 0.3) is 23.1 Å². The number of aliphatic carboxylic acids is 2. The number of carboxylic acid groups (broad SMARTS) is 2. The summed E-state index contributed by atoms with van der Waals surface area (Å²) >= 11 is 0. The number of anilines is 1. The molecule has 0 aliphatic carbocycles. The number of carbonyl (C=O) groups is 2. The Labute approximate surface area is 155 Å². The highest BCUT2D eigenvalue weighted by molar-refractivity contribution is 5.89. The molecule has 6 heteroatoms. The molecule has 27 heavy (non-hydrogen) atoms. The summed E-state index contributed by atoms with van der Waals surface area (Å²) in [4.78, 5) is 22.7. The van der Waals surface area contributed by atoms with Gasteiger partial charge in [0.25, 0.3) is 6.04 Å². The van der Waals surface area contributed by atoms with Crippen molar-refractivity contribution in [2.24, 2.45) is 0 Å². The average molecular weight is 363 g/mol. The van der Waals surface area contributed by atoms with Crippen molar-refractivity contribution in [3.8, 4) is 0 Å². The molecule has 1 atom stereocenters. The molecule has 3 aromatic rings. The van der Waals surface area contributed by atoms with E-state index >= 15 is 0 Å². The Morgan fingerprint density at radius 2 is 1.70 bits per heavy atom. The number of nitrogens with zero attached hydrogens (tertiary/aromatic N) is 1. The minimum Gasteiger partial charge on any atom is -0.481 e. The van der Waals surface area contributed by atoms with Crippen LogP contribution in [-0.4, -0.2) is 22.2 Å². The van der Waals surface area contributed by atoms with Gasteiger partial charge in [0.15, 0.2) is 6.20 Å². The van der Waals surface area contributed by atoms with E-state index in [1.54, 1.807) is 24.4 Å². The number of pyridine rings is 1. The van der Waals surface area contributed by atoms with Gasteiger partial charge in [-0.3, -0.25) is 4.79 Å². The average Bonchev–Trinajstić information content (AvgIpc) is 2.65. The first-order valence-corrected chi connectivity index (χ1v) is 8.37. The van der Waals surface area contributed by atoms with Gasteiger partial charge in [0.2, 0.25) is 5.52 Å². The van der Waals surface area contributed by atoms with Gasteiger partial charge in [-0.25, -0.2) is 4.79 Å². The van der Waals surface area contributed by atoms with Crippen LogP contribution in [0.15, 0.2) is 60.8 Å². The Balaban J connectivity index is 2.06. The third kappa shape index (κ3) is 4.12. The molecular weight excluding hydrogens is 344 g/mol. The van der Waals surface area contributed by atoms with Crippen molar-refractivity contribution >= 4 is 40.7 Å². The number of hydrogen-bond acceptors (Lipinski definition) is 3. The van der Waals surface area contributed by atoms with E-state index in [-0.39, 0.29) is 0 Å². The molecule has 0 fully saturated rings. The van der Waals surface area contributed by atoms with E-state index in [4.69, 9.17) is 10.8 Å². The van der Waals surface area contributed by atoms with Crippen LogP contribution in [0.4, 0.5) is 5.69 Å². The van der Waals surface area contributed by atoms with E-state index in [9.17, 15) is 14.7 Å². The van der Waals surface area contributed by atoms with Gasteiger partial charge >= 0.3 is 11.9 Å². The lowest BCUT2D eigenvalue weighted by Gasteiger charge is -2.09. The number of carboxylic acids is 2. The lowest BCUT2D eigenvalue weighted by atomic mass is 10.1. The van der Waals surface area contributed by atoms with Gasteiger partial charge in [-0.15, -0.1) is 0 Å². The molecule has 0 amide bonds. The number of para-hydroxylation sites is 1. The van der Waals surface area contributed by atoms with Crippen LogP contribution in [0.1, 0.15) is 23.6 Å². The van der Waals surface area contributed by atoms with Crippen LogP contribution in [0.5, 0.6) is 0 Å². The molecule has 1 heterocycles. The quantitative estimate of drug-likeness (QED) is 0.461. The second-order valence-corrected chi connectivity index (χ2v) is 6.15. The topological polar surface area (TPSA) is 105 Å². The van der Waals surface area contributed by atoms with Crippen molar-refractivity contribution < 1.29 is 24.4 Å². The maximum Gasteiger partial charge on any atom is 0.374 e. The highest BCUT2D eigenvalue weighted by Gasteiger charge is 2.32. The van der Waals surface area contributed by atoms with Crippen LogP contribution in [0.3, 0.4) is 0 Å². The highest BCUT2D eigenvalue weighted by atomic mass is 16.4. The first-order chi connectivity index (χ1) is 13.0. The summed E-state index contributed by atoms with van der Waals surface area (Å²) in [5.74, 6) is -2.34. The number of nitrogen functional groups attached to an aromatic ring is 1. The van der Waals surface area contributed by atoms with Gasteiger partial charge in [0, 0.05) is 17.8 Å². The van der Waals surface area contributed by atoms with Crippen molar-refractivity contribution in [1.29, 1.82) is 0 Å². The SMILES string of the molecule is Nc1ccc(/C=C/c2cc[n+](C(CC(=O)O)C(=O)O)c3ccccc23)cc1. The van der Waals surface area contributed by atoms with Crippen molar-refractivity contribution in [3.63, 3.8) is 0 Å². The molecule has 0 saturated carbocycles. The Morgan fingerprint density at radius 1 is 1.00 bits per heavy atom. The lowest BCUT2D eigenvalue weighted by molar-refractivity contribution is -0.685. The highest BCUT2D eigenvalue weighted by Crippen LogP contribution is 2.20. The number of hydrogen-bond donors (Lipinski definition) is 3. The van der Waals surface area contributed by atoms with E-state index in [1.165, 1.54) is 4.57 Å². The standard InChI is InChI=1S/C21H18N2O4/c22-16-9-6-14(7-10-16)5-8-15-11-12-23(18-4-2-1-3-17(15)18)19(21(26)27)13-20(24)25/h1-12,19,22H,13H2,(H2,24,25,26,27)/p+1. The van der Waals surface area contributed by atoms with Crippen LogP contribution >= 0.6 is 0 Å². The number of fused-ring (bicyclic) bond motifs is 1. The van der Waals surface area contributed by atoms with Crippen LogP contribution in [-0.2, 0) is 9.59 Å². The van der Waals surface area contributed by atoms with E-state index in [1.807, 2.05) is 48.6 Å². The molecule has 0 radical (unpaired) electrons. The first kappa shape index (κ1) is 18.1. The van der Waals surface area contributed by atoms with Crippen molar-refractivity contribution in [3.05, 3.63) is 71.9 Å². The predicted molar refractivity (Wildman–Crippen MR) is 103 cm³/mol. The molecule has 0 spiro atoms. The van der Waals surface area contributed by atoms with E-state index in [0.29, 0.717) is 11.2 Å². The Morgan fingerprint density at radius 3 is 2.37 bits per heavy atom. The van der Waals surface area contributed by atoms with Gasteiger partial charge in [-0.2, -0.15) is 4.57 Å². The molecule has 0 aliphatic heterocycles.